The van der Waals surface area contributed by atoms with Crippen LogP contribution >= 0.6 is 0 Å². The van der Waals surface area contributed by atoms with Crippen LogP contribution in [0.1, 0.15) is 0 Å². The number of rotatable bonds is 25. The maximum Gasteiger partial charge on any atom is 0.373 e. The monoisotopic (exact) mass is 1150 g/mol. The third-order valence-electron chi connectivity index (χ3n) is 6.32. The second-order valence-corrected chi connectivity index (χ2v) is 10.9. The predicted octanol–water partition coefficient (Wildman–Crippen LogP) is -16.4. The molecule has 0 atom stereocenters. The van der Waals surface area contributed by atoms with E-state index < -0.39 is 177 Å². The van der Waals surface area contributed by atoms with Gasteiger partial charge in [-0.05, 0) is 0 Å². The van der Waals surface area contributed by atoms with Gasteiger partial charge < -0.3 is 102 Å². The van der Waals surface area contributed by atoms with Crippen LogP contribution in [0, 0.1) is 29.6 Å². The van der Waals surface area contributed by atoms with Crippen LogP contribution in [0.3, 0.4) is 0 Å². The zero-order valence-corrected chi connectivity index (χ0v) is 36.0. The quantitative estimate of drug-likeness (QED) is 0.0176. The maximum absolute atomic E-state index is 10.7. The van der Waals surface area contributed by atoms with E-state index in [1.54, 1.807) is 0 Å². The molecule has 0 amide bonds. The number of hydrogen-bond acceptors (Lipinski definition) is 35. The second-order valence-electron chi connectivity index (χ2n) is 10.9. The van der Waals surface area contributed by atoms with Gasteiger partial charge in [0.15, 0.2) is 29.6 Å². The minimum Gasteiger partial charge on any atom is -0.662 e. The van der Waals surface area contributed by atoms with Gasteiger partial charge in [-0.3, -0.25) is 71.9 Å². The van der Waals surface area contributed by atoms with Crippen molar-refractivity contribution in [3.8, 4) is 0 Å². The average Bonchev–Trinajstić information content (AvgIpc) is 3.33. The van der Waals surface area contributed by atoms with Crippen molar-refractivity contribution in [2.75, 3.05) is 0 Å². The molecule has 76 heavy (non-hydrogen) atoms. The molecule has 10 N–H and O–H groups in total. The Bertz CT molecular complexity index is 1970. The molecule has 0 saturated carbocycles. The molecule has 0 heterocycles. The van der Waals surface area contributed by atoms with Crippen molar-refractivity contribution in [3.63, 3.8) is 0 Å². The van der Waals surface area contributed by atoms with Crippen molar-refractivity contribution >= 4 is 147 Å². The van der Waals surface area contributed by atoms with Crippen molar-refractivity contribution in [2.24, 2.45) is 29.6 Å². The molecule has 0 aromatic heterocycles. The molecule has 0 unspecified atom stereocenters. The van der Waals surface area contributed by atoms with Crippen LogP contribution < -0.4 is 26.3 Å². The van der Waals surface area contributed by atoms with E-state index in [0.29, 0.717) is 0 Å². The van der Waals surface area contributed by atoms with Gasteiger partial charge in [0.1, 0.15) is 0 Å². The van der Waals surface area contributed by atoms with Gasteiger partial charge in [-0.15, -0.1) is 0 Å². The summed E-state index contributed by atoms with van der Waals surface area (Å²) in [5.74, 6) is -66.8. The first-order valence-corrected chi connectivity index (χ1v) is 16.0. The van der Waals surface area contributed by atoms with E-state index in [1.165, 1.54) is 0 Å². The zero-order chi connectivity index (χ0) is 60.9. The van der Waals surface area contributed by atoms with Gasteiger partial charge in [-0.1, -0.05) is 0 Å². The fourth-order valence-electron chi connectivity index (χ4n) is 3.14. The smallest absolute Gasteiger partial charge is 0.373 e. The standard InChI is InChI=1S/5C6H4O9.V/c5*7-2(4(9)10)1(6(13)15-14)3(8)5(11)12;/h5*1,14H,(H,9,10)(H,11,12);/p-5. The number of Topliss-reactive ketones (excluding diaryl/α,β-unsaturated/α-hetero) is 10. The summed E-state index contributed by atoms with van der Waals surface area (Å²) < 4.78 is 0. The SMILES string of the molecule is O=C(O)C(=O)C(C(=O)O[O-])C(=O)C(=O)O.O=C(O)C(=O)C(C(=O)O[O-])C(=O)C(=O)O.O=C(O)C(=O)C(C(=O)O[O-])C(=O)C(=O)O.O=C(O)C(=O)C(C(=O)O[O-])C(=O)C(=O)O.O=C(O)C(=O)C(C(=O)O[O-])C(=O)C(=O)O.[V]. The molecule has 0 aliphatic heterocycles. The van der Waals surface area contributed by atoms with Crippen LogP contribution in [0.15, 0.2) is 0 Å². The van der Waals surface area contributed by atoms with Crippen molar-refractivity contribution in [1.29, 1.82) is 0 Å². The zero-order valence-electron chi connectivity index (χ0n) is 34.6. The van der Waals surface area contributed by atoms with Gasteiger partial charge in [0.25, 0.3) is 57.8 Å². The van der Waals surface area contributed by atoms with Gasteiger partial charge in [0.05, 0.1) is 0 Å². The molecule has 1 radical (unpaired) electrons. The Balaban J connectivity index is -0.000000201. The van der Waals surface area contributed by atoms with Crippen LogP contribution in [0.4, 0.5) is 0 Å². The van der Waals surface area contributed by atoms with Gasteiger partial charge in [-0.25, -0.2) is 47.9 Å². The maximum atomic E-state index is 10.7. The molecule has 0 aliphatic carbocycles. The summed E-state index contributed by atoms with van der Waals surface area (Å²) in [6, 6.07) is 0. The number of carboxylic acids is 10. The molecule has 0 bridgehead atoms. The van der Waals surface area contributed by atoms with Crippen LogP contribution in [-0.2, 0) is 163 Å². The normalized spacial score (nSPS) is 9.34. The number of carboxylic acid groups (broad SMARTS) is 10. The van der Waals surface area contributed by atoms with Crippen molar-refractivity contribution in [3.05, 3.63) is 0 Å². The van der Waals surface area contributed by atoms with Crippen molar-refractivity contribution in [2.45, 2.75) is 0 Å². The van der Waals surface area contributed by atoms with Gasteiger partial charge in [0.2, 0.25) is 0 Å². The molecule has 0 rings (SSSR count). The first-order chi connectivity index (χ1) is 34.1. The fourth-order valence-corrected chi connectivity index (χ4v) is 3.14. The molecule has 0 saturated heterocycles. The van der Waals surface area contributed by atoms with Crippen molar-refractivity contribution in [1.82, 2.24) is 0 Å². The van der Waals surface area contributed by atoms with E-state index in [0.717, 1.165) is 0 Å². The minimum absolute atomic E-state index is 0. The molecule has 0 aromatic carbocycles. The predicted molar refractivity (Wildman–Crippen MR) is 174 cm³/mol. The Morgan fingerprint density at radius 2 is 0.263 bits per heavy atom. The summed E-state index contributed by atoms with van der Waals surface area (Å²) in [5.41, 5.74) is 0. The first kappa shape index (κ1) is 76.6. The number of hydrogen-bond donors (Lipinski definition) is 10. The molecule has 415 valence electrons. The summed E-state index contributed by atoms with van der Waals surface area (Å²) in [5, 5.41) is 129. The van der Waals surface area contributed by atoms with E-state index in [1.807, 2.05) is 0 Å². The van der Waals surface area contributed by atoms with Crippen molar-refractivity contribution < 1.29 is 240 Å². The molecule has 0 aliphatic rings. The number of ketones is 10. The van der Waals surface area contributed by atoms with Crippen LogP contribution in [-0.4, -0.2) is 198 Å². The topological polar surface area (TPSA) is 791 Å². The minimum atomic E-state index is -2.77. The largest absolute Gasteiger partial charge is 0.662 e. The van der Waals surface area contributed by atoms with Gasteiger partial charge in [0, 0.05) is 18.6 Å². The van der Waals surface area contributed by atoms with E-state index in [2.05, 4.69) is 24.4 Å². The Hall–Kier alpha value is -10.9. The Morgan fingerprint density at radius 1 is 0.197 bits per heavy atom. The fraction of sp³-hybridized carbons (Fsp3) is 0.167. The summed E-state index contributed by atoms with van der Waals surface area (Å²) in [7, 11) is 0. The third kappa shape index (κ3) is 24.8. The van der Waals surface area contributed by atoms with Gasteiger partial charge >= 0.3 is 89.5 Å². The van der Waals surface area contributed by atoms with E-state index >= 15 is 0 Å². The molecular weight excluding hydrogens is 1130 g/mol. The van der Waals surface area contributed by atoms with E-state index in [-0.39, 0.29) is 18.6 Å². The summed E-state index contributed by atoms with van der Waals surface area (Å²) in [6.45, 7) is 0. The van der Waals surface area contributed by atoms with Crippen LogP contribution in [0.5, 0.6) is 0 Å². The molecule has 0 aromatic rings. The van der Waals surface area contributed by atoms with Crippen LogP contribution in [0.2, 0.25) is 0 Å². The number of carbonyl (C=O) groups excluding carboxylic acids is 15. The molecule has 46 heteroatoms. The molecule has 0 fully saturated rings. The molecule has 45 nitrogen and oxygen atoms in total. The van der Waals surface area contributed by atoms with Gasteiger partial charge in [-0.2, -0.15) is 0 Å². The van der Waals surface area contributed by atoms with E-state index in [4.69, 9.17) is 51.1 Å². The Morgan fingerprint density at radius 3 is 0.303 bits per heavy atom. The Kier molecular flexibility index (Phi) is 36.4. The third-order valence-corrected chi connectivity index (χ3v) is 6.32. The summed E-state index contributed by atoms with van der Waals surface area (Å²) in [6.07, 6.45) is 0. The van der Waals surface area contributed by atoms with E-state index in [9.17, 15) is 146 Å². The average molecular weight is 1150 g/mol. The molecule has 0 spiro atoms. The summed E-state index contributed by atoms with van der Waals surface area (Å²) >= 11 is 0. The first-order valence-electron chi connectivity index (χ1n) is 16.0. The number of carbonyl (C=O) groups is 25. The summed E-state index contributed by atoms with van der Waals surface area (Å²) in [4.78, 5) is 273. The van der Waals surface area contributed by atoms with Crippen LogP contribution in [0.25, 0.3) is 0 Å². The number of aliphatic carboxylic acids is 10. The molecular formula is C30H15O45V-5. The Labute approximate surface area is 417 Å². The second kappa shape index (κ2) is 36.1.